The fourth-order valence-electron chi connectivity index (χ4n) is 1.25. The second-order valence-corrected chi connectivity index (χ2v) is 3.83. The van der Waals surface area contributed by atoms with E-state index >= 15 is 0 Å². The molecule has 1 aromatic rings. The quantitative estimate of drug-likeness (QED) is 0.504. The van der Waals surface area contributed by atoms with E-state index in [2.05, 4.69) is 27.3 Å². The molecule has 15 heavy (non-hydrogen) atoms. The van der Waals surface area contributed by atoms with Gasteiger partial charge in [-0.05, 0) is 12.1 Å². The van der Waals surface area contributed by atoms with Crippen LogP contribution < -0.4 is 11.3 Å². The molecule has 0 bridgehead atoms. The molecule has 0 spiro atoms. The van der Waals surface area contributed by atoms with Crippen LogP contribution in [0.25, 0.3) is 0 Å². The number of hydrogen-bond donors (Lipinski definition) is 2. The van der Waals surface area contributed by atoms with Crippen molar-refractivity contribution in [3.8, 4) is 12.3 Å². The summed E-state index contributed by atoms with van der Waals surface area (Å²) in [7, 11) is 0. The van der Waals surface area contributed by atoms with Gasteiger partial charge in [0.15, 0.2) is 0 Å². The van der Waals surface area contributed by atoms with Crippen molar-refractivity contribution in [2.45, 2.75) is 12.5 Å². The Bertz CT molecular complexity index is 378. The normalized spacial score (nSPS) is 12.2. The highest BCUT2D eigenvalue weighted by Gasteiger charge is 2.18. The summed E-state index contributed by atoms with van der Waals surface area (Å²) in [4.78, 5) is 0. The van der Waals surface area contributed by atoms with E-state index in [1.54, 1.807) is 0 Å². The number of halogens is 3. The summed E-state index contributed by atoms with van der Waals surface area (Å²) in [6.45, 7) is 0. The Hall–Kier alpha value is -0.960. The van der Waals surface area contributed by atoms with E-state index in [0.29, 0.717) is 4.47 Å². The number of hydrazine groups is 1. The van der Waals surface area contributed by atoms with Crippen molar-refractivity contribution in [1.82, 2.24) is 5.43 Å². The van der Waals surface area contributed by atoms with Crippen LogP contribution in [0.3, 0.4) is 0 Å². The summed E-state index contributed by atoms with van der Waals surface area (Å²) in [6.07, 6.45) is 5.19. The first-order valence-electron chi connectivity index (χ1n) is 4.14. The van der Waals surface area contributed by atoms with E-state index in [-0.39, 0.29) is 12.0 Å². The minimum Gasteiger partial charge on any atom is -0.271 e. The SMILES string of the molecule is C#CCC(NN)c1c(F)cc(Br)cc1F. The maximum atomic E-state index is 13.4. The van der Waals surface area contributed by atoms with E-state index in [4.69, 9.17) is 12.3 Å². The van der Waals surface area contributed by atoms with Gasteiger partial charge in [0.2, 0.25) is 0 Å². The summed E-state index contributed by atoms with van der Waals surface area (Å²) in [6, 6.07) is 1.61. The van der Waals surface area contributed by atoms with Gasteiger partial charge >= 0.3 is 0 Å². The average Bonchev–Trinajstić information content (AvgIpc) is 2.14. The molecule has 0 aliphatic carbocycles. The smallest absolute Gasteiger partial charge is 0.132 e. The minimum atomic E-state index is -0.719. The third-order valence-corrected chi connectivity index (χ3v) is 2.37. The fourth-order valence-corrected chi connectivity index (χ4v) is 1.65. The Kier molecular flexibility index (Phi) is 4.21. The minimum absolute atomic E-state index is 0.117. The molecule has 0 aliphatic heterocycles. The molecule has 0 radical (unpaired) electrons. The van der Waals surface area contributed by atoms with Crippen LogP contribution in [-0.2, 0) is 0 Å². The first kappa shape index (κ1) is 12.1. The molecule has 0 saturated heterocycles. The average molecular weight is 275 g/mol. The largest absolute Gasteiger partial charge is 0.271 e. The number of terminal acetylenes is 1. The lowest BCUT2D eigenvalue weighted by Crippen LogP contribution is -2.29. The van der Waals surface area contributed by atoms with Crippen LogP contribution >= 0.6 is 15.9 Å². The third-order valence-electron chi connectivity index (χ3n) is 1.92. The summed E-state index contributed by atoms with van der Waals surface area (Å²) >= 11 is 2.99. The van der Waals surface area contributed by atoms with Gasteiger partial charge in [0, 0.05) is 16.5 Å². The van der Waals surface area contributed by atoms with Crippen LogP contribution in [0.4, 0.5) is 8.78 Å². The molecule has 3 N–H and O–H groups in total. The van der Waals surface area contributed by atoms with E-state index < -0.39 is 17.7 Å². The van der Waals surface area contributed by atoms with Gasteiger partial charge in [0.25, 0.3) is 0 Å². The number of rotatable bonds is 3. The summed E-state index contributed by atoms with van der Waals surface area (Å²) in [5, 5.41) is 0. The van der Waals surface area contributed by atoms with Crippen molar-refractivity contribution in [3.05, 3.63) is 33.8 Å². The van der Waals surface area contributed by atoms with Gasteiger partial charge in [-0.2, -0.15) is 0 Å². The molecule has 80 valence electrons. The van der Waals surface area contributed by atoms with Gasteiger partial charge in [-0.3, -0.25) is 11.3 Å². The molecule has 0 aliphatic rings. The number of nitrogens with one attached hydrogen (secondary N) is 1. The first-order valence-corrected chi connectivity index (χ1v) is 4.93. The molecule has 1 rings (SSSR count). The highest BCUT2D eigenvalue weighted by atomic mass is 79.9. The van der Waals surface area contributed by atoms with Crippen molar-refractivity contribution < 1.29 is 8.78 Å². The maximum Gasteiger partial charge on any atom is 0.132 e. The van der Waals surface area contributed by atoms with E-state index in [1.807, 2.05) is 0 Å². The molecule has 1 unspecified atom stereocenters. The number of benzene rings is 1. The third kappa shape index (κ3) is 2.75. The van der Waals surface area contributed by atoms with E-state index in [0.717, 1.165) is 0 Å². The zero-order valence-corrected chi connectivity index (χ0v) is 9.31. The molecular weight excluding hydrogens is 266 g/mol. The lowest BCUT2D eigenvalue weighted by molar-refractivity contribution is 0.480. The number of nitrogens with two attached hydrogens (primary N) is 1. The molecule has 0 saturated carbocycles. The van der Waals surface area contributed by atoms with Crippen molar-refractivity contribution in [3.63, 3.8) is 0 Å². The second-order valence-electron chi connectivity index (χ2n) is 2.91. The highest BCUT2D eigenvalue weighted by molar-refractivity contribution is 9.10. The van der Waals surface area contributed by atoms with Crippen LogP contribution in [0.15, 0.2) is 16.6 Å². The van der Waals surface area contributed by atoms with Crippen LogP contribution in [0.1, 0.15) is 18.0 Å². The molecule has 0 heterocycles. The molecule has 0 fully saturated rings. The lowest BCUT2D eigenvalue weighted by atomic mass is 10.0. The monoisotopic (exact) mass is 274 g/mol. The van der Waals surface area contributed by atoms with Crippen LogP contribution in [-0.4, -0.2) is 0 Å². The highest BCUT2D eigenvalue weighted by Crippen LogP contribution is 2.25. The number of hydrogen-bond acceptors (Lipinski definition) is 2. The topological polar surface area (TPSA) is 38.0 Å². The Morgan fingerprint density at radius 3 is 2.40 bits per heavy atom. The van der Waals surface area contributed by atoms with Crippen LogP contribution in [0, 0.1) is 24.0 Å². The summed E-state index contributed by atoms with van der Waals surface area (Å²) in [5.41, 5.74) is 2.14. The van der Waals surface area contributed by atoms with Gasteiger partial charge in [0.05, 0.1) is 6.04 Å². The van der Waals surface area contributed by atoms with Gasteiger partial charge in [-0.15, -0.1) is 12.3 Å². The second kappa shape index (κ2) is 5.21. The van der Waals surface area contributed by atoms with Gasteiger partial charge in [0.1, 0.15) is 11.6 Å². The zero-order valence-electron chi connectivity index (χ0n) is 7.73. The predicted molar refractivity (Wildman–Crippen MR) is 57.6 cm³/mol. The van der Waals surface area contributed by atoms with E-state index in [1.165, 1.54) is 12.1 Å². The van der Waals surface area contributed by atoms with E-state index in [9.17, 15) is 8.78 Å². The Morgan fingerprint density at radius 2 is 2.00 bits per heavy atom. The molecule has 5 heteroatoms. The fraction of sp³-hybridized carbons (Fsp3) is 0.200. The standard InChI is InChI=1S/C10H9BrF2N2/c1-2-3-9(15-14)10-7(12)4-6(11)5-8(10)13/h1,4-5,9,15H,3,14H2. The Balaban J connectivity index is 3.18. The molecule has 0 aromatic heterocycles. The first-order chi connectivity index (χ1) is 7.10. The van der Waals surface area contributed by atoms with Crippen molar-refractivity contribution in [1.29, 1.82) is 0 Å². The van der Waals surface area contributed by atoms with Crippen molar-refractivity contribution in [2.75, 3.05) is 0 Å². The van der Waals surface area contributed by atoms with Crippen molar-refractivity contribution in [2.24, 2.45) is 5.84 Å². The molecule has 0 amide bonds. The molecule has 2 nitrogen and oxygen atoms in total. The summed E-state index contributed by atoms with van der Waals surface area (Å²) < 4.78 is 27.2. The molecule has 1 atom stereocenters. The Morgan fingerprint density at radius 1 is 1.47 bits per heavy atom. The Labute approximate surface area is 94.9 Å². The van der Waals surface area contributed by atoms with Gasteiger partial charge in [-0.1, -0.05) is 15.9 Å². The summed E-state index contributed by atoms with van der Waals surface area (Å²) in [5.74, 6) is 6.11. The van der Waals surface area contributed by atoms with Gasteiger partial charge < -0.3 is 0 Å². The molecular formula is C10H9BrF2N2. The van der Waals surface area contributed by atoms with Crippen LogP contribution in [0.5, 0.6) is 0 Å². The predicted octanol–water partition coefficient (Wildman–Crippen LogP) is 2.25. The van der Waals surface area contributed by atoms with Crippen LogP contribution in [0.2, 0.25) is 0 Å². The van der Waals surface area contributed by atoms with Gasteiger partial charge in [-0.25, -0.2) is 8.78 Å². The lowest BCUT2D eigenvalue weighted by Gasteiger charge is -2.15. The zero-order chi connectivity index (χ0) is 11.4. The van der Waals surface area contributed by atoms with Crippen molar-refractivity contribution >= 4 is 15.9 Å². The molecule has 1 aromatic carbocycles. The maximum absolute atomic E-state index is 13.4.